The number of aryl methyl sites for hydroxylation is 2. The van der Waals surface area contributed by atoms with Crippen molar-refractivity contribution in [3.8, 4) is 0 Å². The van der Waals surface area contributed by atoms with E-state index in [9.17, 15) is 0 Å². The molecule has 3 heterocycles. The number of aromatic nitrogens is 4. The number of fused-ring (bicyclic) bond motifs is 5. The predicted octanol–water partition coefficient (Wildman–Crippen LogP) is 3.03. The van der Waals surface area contributed by atoms with Crippen molar-refractivity contribution >= 4 is 27.2 Å². The Morgan fingerprint density at radius 2 is 2.37 bits per heavy atom. The highest BCUT2D eigenvalue weighted by Crippen LogP contribution is 2.38. The van der Waals surface area contributed by atoms with E-state index >= 15 is 0 Å². The zero-order valence-corrected chi connectivity index (χ0v) is 12.0. The van der Waals surface area contributed by atoms with E-state index < -0.39 is 0 Å². The van der Waals surface area contributed by atoms with Gasteiger partial charge in [-0.3, -0.25) is 0 Å². The predicted molar refractivity (Wildman–Crippen MR) is 76.7 cm³/mol. The van der Waals surface area contributed by atoms with E-state index in [0.29, 0.717) is 0 Å². The molecular weight excluding hydrogens is 256 g/mol. The molecule has 0 saturated heterocycles. The van der Waals surface area contributed by atoms with Crippen molar-refractivity contribution < 1.29 is 0 Å². The van der Waals surface area contributed by atoms with Gasteiger partial charge in [0.1, 0.15) is 11.2 Å². The molecule has 0 aliphatic heterocycles. The molecule has 0 bridgehead atoms. The zero-order chi connectivity index (χ0) is 13.0. The lowest BCUT2D eigenvalue weighted by molar-refractivity contribution is 0.509. The molecule has 0 radical (unpaired) electrons. The van der Waals surface area contributed by atoms with E-state index in [1.807, 2.05) is 15.9 Å². The topological polar surface area (TPSA) is 43.1 Å². The second-order valence-electron chi connectivity index (χ2n) is 5.43. The van der Waals surface area contributed by atoms with Gasteiger partial charge >= 0.3 is 0 Å². The van der Waals surface area contributed by atoms with Gasteiger partial charge in [0.15, 0.2) is 11.5 Å². The third kappa shape index (κ3) is 1.61. The fourth-order valence-corrected chi connectivity index (χ4v) is 4.28. The number of rotatable bonds is 1. The fourth-order valence-electron chi connectivity index (χ4n) is 2.93. The van der Waals surface area contributed by atoms with Gasteiger partial charge in [-0.2, -0.15) is 0 Å². The molecule has 0 spiro atoms. The molecule has 4 nitrogen and oxygen atoms in total. The van der Waals surface area contributed by atoms with Crippen LogP contribution in [-0.4, -0.2) is 19.6 Å². The van der Waals surface area contributed by atoms with Crippen LogP contribution in [0.4, 0.5) is 0 Å². The minimum atomic E-state index is 0.792. The van der Waals surface area contributed by atoms with Gasteiger partial charge in [0.2, 0.25) is 0 Å². The van der Waals surface area contributed by atoms with Crippen molar-refractivity contribution in [1.29, 1.82) is 0 Å². The van der Waals surface area contributed by atoms with Crippen LogP contribution in [0, 0.1) is 5.92 Å². The Balaban J connectivity index is 2.06. The summed E-state index contributed by atoms with van der Waals surface area (Å²) in [6, 6.07) is 0. The summed E-state index contributed by atoms with van der Waals surface area (Å²) in [5.74, 6) is 1.69. The Hall–Kier alpha value is -1.49. The van der Waals surface area contributed by atoms with Crippen LogP contribution in [0.1, 0.15) is 36.5 Å². The molecule has 0 saturated carbocycles. The number of thiophene rings is 1. The van der Waals surface area contributed by atoms with E-state index in [1.54, 1.807) is 6.33 Å². The normalized spacial score (nSPS) is 19.2. The van der Waals surface area contributed by atoms with Crippen LogP contribution in [-0.2, 0) is 19.3 Å². The van der Waals surface area contributed by atoms with Crippen LogP contribution in [0.2, 0.25) is 0 Å². The second-order valence-corrected chi connectivity index (χ2v) is 6.51. The molecule has 0 unspecified atom stereocenters. The molecule has 5 heteroatoms. The first-order valence-electron chi connectivity index (χ1n) is 6.90. The molecule has 1 atom stereocenters. The summed E-state index contributed by atoms with van der Waals surface area (Å²) in [4.78, 5) is 11.9. The van der Waals surface area contributed by atoms with Gasteiger partial charge in [-0.1, -0.05) is 13.8 Å². The highest BCUT2D eigenvalue weighted by atomic mass is 32.1. The van der Waals surface area contributed by atoms with Gasteiger partial charge in [0.05, 0.1) is 5.39 Å². The summed E-state index contributed by atoms with van der Waals surface area (Å²) >= 11 is 1.84. The number of nitrogens with zero attached hydrogens (tertiary/aromatic N) is 4. The molecule has 0 amide bonds. The van der Waals surface area contributed by atoms with Gasteiger partial charge in [0, 0.05) is 11.3 Å². The summed E-state index contributed by atoms with van der Waals surface area (Å²) in [6.45, 7) is 4.42. The Morgan fingerprint density at radius 1 is 1.47 bits per heavy atom. The number of hydrogen-bond donors (Lipinski definition) is 0. The maximum atomic E-state index is 4.68. The quantitative estimate of drug-likeness (QED) is 0.684. The SMILES string of the molecule is CCc1nc2c3c4c(sc3ncn2n1)C[C@H](C)CC4. The maximum absolute atomic E-state index is 4.68. The third-order valence-corrected chi connectivity index (χ3v) is 5.15. The zero-order valence-electron chi connectivity index (χ0n) is 11.2. The van der Waals surface area contributed by atoms with Crippen molar-refractivity contribution in [3.63, 3.8) is 0 Å². The summed E-state index contributed by atoms with van der Waals surface area (Å²) in [5, 5.41) is 5.72. The molecule has 0 fully saturated rings. The highest BCUT2D eigenvalue weighted by molar-refractivity contribution is 7.19. The van der Waals surface area contributed by atoms with Crippen molar-refractivity contribution in [2.45, 2.75) is 39.5 Å². The van der Waals surface area contributed by atoms with Crippen LogP contribution in [0.25, 0.3) is 15.9 Å². The van der Waals surface area contributed by atoms with Crippen LogP contribution < -0.4 is 0 Å². The molecule has 1 aliphatic rings. The van der Waals surface area contributed by atoms with E-state index in [2.05, 4.69) is 28.9 Å². The summed E-state index contributed by atoms with van der Waals surface area (Å²) in [5.41, 5.74) is 2.47. The minimum absolute atomic E-state index is 0.792. The Labute approximate surface area is 115 Å². The van der Waals surface area contributed by atoms with Gasteiger partial charge in [-0.05, 0) is 30.7 Å². The van der Waals surface area contributed by atoms with Gasteiger partial charge < -0.3 is 0 Å². The van der Waals surface area contributed by atoms with Crippen molar-refractivity contribution in [2.75, 3.05) is 0 Å². The largest absolute Gasteiger partial charge is 0.225 e. The third-order valence-electron chi connectivity index (χ3n) is 3.99. The lowest BCUT2D eigenvalue weighted by atomic mass is 9.89. The lowest BCUT2D eigenvalue weighted by Crippen LogP contribution is -2.08. The van der Waals surface area contributed by atoms with E-state index in [4.69, 9.17) is 0 Å². The first-order valence-corrected chi connectivity index (χ1v) is 7.72. The Morgan fingerprint density at radius 3 is 3.21 bits per heavy atom. The summed E-state index contributed by atoms with van der Waals surface area (Å²) in [7, 11) is 0. The monoisotopic (exact) mass is 272 g/mol. The summed E-state index contributed by atoms with van der Waals surface area (Å²) < 4.78 is 1.84. The molecule has 0 aromatic carbocycles. The van der Waals surface area contributed by atoms with Gasteiger partial charge in [-0.15, -0.1) is 16.4 Å². The van der Waals surface area contributed by atoms with E-state index in [0.717, 1.165) is 35.1 Å². The van der Waals surface area contributed by atoms with E-state index in [1.165, 1.54) is 28.7 Å². The smallest absolute Gasteiger partial charge is 0.167 e. The van der Waals surface area contributed by atoms with Gasteiger partial charge in [-0.25, -0.2) is 14.5 Å². The van der Waals surface area contributed by atoms with Crippen LogP contribution in [0.3, 0.4) is 0 Å². The molecule has 3 aromatic rings. The van der Waals surface area contributed by atoms with Crippen LogP contribution >= 0.6 is 11.3 Å². The standard InChI is InChI=1S/C14H16N4S/c1-3-11-16-13-12-9-5-4-8(2)6-10(9)19-14(12)15-7-18(13)17-11/h7-8H,3-6H2,1-2H3/t8-/m1/s1. The second kappa shape index (κ2) is 4.00. The molecule has 0 N–H and O–H groups in total. The average Bonchev–Trinajstić information content (AvgIpc) is 2.97. The Bertz CT molecular complexity index is 771. The molecule has 19 heavy (non-hydrogen) atoms. The minimum Gasteiger partial charge on any atom is -0.225 e. The van der Waals surface area contributed by atoms with E-state index in [-0.39, 0.29) is 0 Å². The average molecular weight is 272 g/mol. The molecule has 98 valence electrons. The van der Waals surface area contributed by atoms with Crippen molar-refractivity contribution in [2.24, 2.45) is 5.92 Å². The highest BCUT2D eigenvalue weighted by Gasteiger charge is 2.23. The summed E-state index contributed by atoms with van der Waals surface area (Å²) in [6.07, 6.45) is 6.29. The molecule has 4 rings (SSSR count). The first-order chi connectivity index (χ1) is 9.26. The molecule has 1 aliphatic carbocycles. The Kier molecular flexibility index (Phi) is 2.39. The van der Waals surface area contributed by atoms with Crippen LogP contribution in [0.15, 0.2) is 6.33 Å². The van der Waals surface area contributed by atoms with Crippen molar-refractivity contribution in [3.05, 3.63) is 22.6 Å². The van der Waals surface area contributed by atoms with Gasteiger partial charge in [0.25, 0.3) is 0 Å². The molecule has 3 aromatic heterocycles. The maximum Gasteiger partial charge on any atom is 0.167 e. The van der Waals surface area contributed by atoms with Crippen molar-refractivity contribution in [1.82, 2.24) is 19.6 Å². The number of hydrogen-bond acceptors (Lipinski definition) is 4. The molecular formula is C14H16N4S. The fraction of sp³-hybridized carbons (Fsp3) is 0.500. The first kappa shape index (κ1) is 11.3. The van der Waals surface area contributed by atoms with Crippen LogP contribution in [0.5, 0.6) is 0 Å². The lowest BCUT2D eigenvalue weighted by Gasteiger charge is -2.17.